The fraction of sp³-hybridized carbons (Fsp3) is 0.364. The number of phenols is 1. The summed E-state index contributed by atoms with van der Waals surface area (Å²) in [6, 6.07) is 5.47. The number of nitrogens with zero attached hydrogens (tertiary/aromatic N) is 2. The largest absolute Gasteiger partial charge is 0.507 e. The van der Waals surface area contributed by atoms with Crippen LogP contribution in [0.25, 0.3) is 0 Å². The maximum absolute atomic E-state index is 9.75. The molecule has 0 amide bonds. The van der Waals surface area contributed by atoms with Crippen molar-refractivity contribution >= 4 is 11.9 Å². The molecule has 1 aliphatic rings. The number of hydrazone groups is 1. The highest BCUT2D eigenvalue weighted by molar-refractivity contribution is 5.84. The van der Waals surface area contributed by atoms with Gasteiger partial charge in [-0.25, -0.2) is 0 Å². The predicted molar refractivity (Wildman–Crippen MR) is 62.9 cm³/mol. The van der Waals surface area contributed by atoms with Crippen LogP contribution in [0.3, 0.4) is 0 Å². The van der Waals surface area contributed by atoms with Gasteiger partial charge in [-0.1, -0.05) is 0 Å². The summed E-state index contributed by atoms with van der Waals surface area (Å²) in [4.78, 5) is 2.17. The quantitative estimate of drug-likeness (QED) is 0.434. The summed E-state index contributed by atoms with van der Waals surface area (Å²) in [6.07, 6.45) is 1.43. The van der Waals surface area contributed by atoms with E-state index in [4.69, 9.17) is 10.6 Å². The summed E-state index contributed by atoms with van der Waals surface area (Å²) in [5.41, 5.74) is 1.62. The molecule has 1 fully saturated rings. The van der Waals surface area contributed by atoms with Gasteiger partial charge < -0.3 is 20.6 Å². The summed E-state index contributed by atoms with van der Waals surface area (Å²) in [5.74, 6) is 5.23. The minimum Gasteiger partial charge on any atom is -0.507 e. The molecule has 2 rings (SSSR count). The van der Waals surface area contributed by atoms with Crippen LogP contribution in [0.15, 0.2) is 23.3 Å². The number of rotatable bonds is 2. The zero-order chi connectivity index (χ0) is 11.4. The summed E-state index contributed by atoms with van der Waals surface area (Å²) < 4.78 is 5.27. The average molecular weight is 221 g/mol. The van der Waals surface area contributed by atoms with Gasteiger partial charge in [0, 0.05) is 30.4 Å². The molecule has 0 aliphatic carbocycles. The highest BCUT2D eigenvalue weighted by Crippen LogP contribution is 2.24. The van der Waals surface area contributed by atoms with Gasteiger partial charge in [0.15, 0.2) is 0 Å². The standard InChI is InChI=1S/C11H15N3O2/c12-13-8-9-1-2-10(7-11(9)15)14-3-5-16-6-4-14/h1-2,7-8,15H,3-6,12H2/b13-8+. The molecule has 3 N–H and O–H groups in total. The Morgan fingerprint density at radius 1 is 1.38 bits per heavy atom. The number of phenolic OH excluding ortho intramolecular Hbond substituents is 1. The molecule has 0 atom stereocenters. The number of nitrogens with two attached hydrogens (primary N) is 1. The van der Waals surface area contributed by atoms with Gasteiger partial charge in [-0.3, -0.25) is 0 Å². The number of hydrogen-bond acceptors (Lipinski definition) is 5. The Hall–Kier alpha value is -1.75. The summed E-state index contributed by atoms with van der Waals surface area (Å²) in [6.45, 7) is 3.16. The lowest BCUT2D eigenvalue weighted by Gasteiger charge is -2.29. The minimum atomic E-state index is 0.193. The second-order valence-corrected chi connectivity index (χ2v) is 3.62. The van der Waals surface area contributed by atoms with Crippen LogP contribution >= 0.6 is 0 Å². The molecule has 1 heterocycles. The lowest BCUT2D eigenvalue weighted by Crippen LogP contribution is -2.36. The van der Waals surface area contributed by atoms with Crippen molar-refractivity contribution in [1.82, 2.24) is 0 Å². The molecule has 0 spiro atoms. The zero-order valence-electron chi connectivity index (χ0n) is 8.97. The first kappa shape index (κ1) is 10.8. The van der Waals surface area contributed by atoms with Crippen molar-refractivity contribution in [3.05, 3.63) is 23.8 Å². The van der Waals surface area contributed by atoms with Gasteiger partial charge in [0.2, 0.25) is 0 Å². The van der Waals surface area contributed by atoms with Gasteiger partial charge in [-0.2, -0.15) is 5.10 Å². The molecule has 0 radical (unpaired) electrons. The van der Waals surface area contributed by atoms with E-state index >= 15 is 0 Å². The molecule has 0 aromatic heterocycles. The van der Waals surface area contributed by atoms with Crippen LogP contribution in [-0.4, -0.2) is 37.6 Å². The minimum absolute atomic E-state index is 0.193. The van der Waals surface area contributed by atoms with E-state index in [2.05, 4.69) is 10.0 Å². The molecule has 1 aliphatic heterocycles. The van der Waals surface area contributed by atoms with Gasteiger partial charge in [0.25, 0.3) is 0 Å². The van der Waals surface area contributed by atoms with E-state index in [-0.39, 0.29) is 5.75 Å². The second-order valence-electron chi connectivity index (χ2n) is 3.62. The van der Waals surface area contributed by atoms with Gasteiger partial charge >= 0.3 is 0 Å². The number of benzene rings is 1. The zero-order valence-corrected chi connectivity index (χ0v) is 8.97. The molecule has 1 aromatic rings. The van der Waals surface area contributed by atoms with Crippen molar-refractivity contribution in [2.75, 3.05) is 31.2 Å². The Kier molecular flexibility index (Phi) is 3.26. The maximum Gasteiger partial charge on any atom is 0.126 e. The van der Waals surface area contributed by atoms with E-state index in [0.717, 1.165) is 32.0 Å². The molecular formula is C11H15N3O2. The third kappa shape index (κ3) is 2.25. The van der Waals surface area contributed by atoms with Crippen molar-refractivity contribution in [3.63, 3.8) is 0 Å². The molecule has 0 unspecified atom stereocenters. The first-order valence-corrected chi connectivity index (χ1v) is 5.20. The van der Waals surface area contributed by atoms with Crippen LogP contribution in [-0.2, 0) is 4.74 Å². The Bertz CT molecular complexity index is 387. The topological polar surface area (TPSA) is 71.1 Å². The first-order valence-electron chi connectivity index (χ1n) is 5.20. The number of ether oxygens (including phenoxy) is 1. The van der Waals surface area contributed by atoms with Crippen LogP contribution in [0.5, 0.6) is 5.75 Å². The van der Waals surface area contributed by atoms with Gasteiger partial charge in [-0.15, -0.1) is 0 Å². The molecule has 5 nitrogen and oxygen atoms in total. The number of morpholine rings is 1. The Morgan fingerprint density at radius 2 is 2.12 bits per heavy atom. The van der Waals surface area contributed by atoms with E-state index < -0.39 is 0 Å². The smallest absolute Gasteiger partial charge is 0.126 e. The summed E-state index contributed by atoms with van der Waals surface area (Å²) >= 11 is 0. The molecule has 86 valence electrons. The molecule has 1 aromatic carbocycles. The maximum atomic E-state index is 9.75. The van der Waals surface area contributed by atoms with Crippen molar-refractivity contribution in [1.29, 1.82) is 0 Å². The van der Waals surface area contributed by atoms with E-state index in [1.807, 2.05) is 6.07 Å². The molecule has 5 heteroatoms. The third-order valence-electron chi connectivity index (χ3n) is 2.60. The molecule has 16 heavy (non-hydrogen) atoms. The second kappa shape index (κ2) is 4.85. The fourth-order valence-electron chi connectivity index (χ4n) is 1.74. The molecule has 0 saturated carbocycles. The fourth-order valence-corrected chi connectivity index (χ4v) is 1.74. The highest BCUT2D eigenvalue weighted by atomic mass is 16.5. The molecular weight excluding hydrogens is 206 g/mol. The lowest BCUT2D eigenvalue weighted by atomic mass is 10.2. The van der Waals surface area contributed by atoms with Crippen molar-refractivity contribution in [2.45, 2.75) is 0 Å². The van der Waals surface area contributed by atoms with Crippen molar-refractivity contribution in [3.8, 4) is 5.75 Å². The highest BCUT2D eigenvalue weighted by Gasteiger charge is 2.12. The first-order chi connectivity index (χ1) is 7.81. The normalized spacial score (nSPS) is 16.9. The Morgan fingerprint density at radius 3 is 2.75 bits per heavy atom. The van der Waals surface area contributed by atoms with E-state index in [1.54, 1.807) is 12.1 Å². The van der Waals surface area contributed by atoms with Crippen LogP contribution in [0.1, 0.15) is 5.56 Å². The average Bonchev–Trinajstić information content (AvgIpc) is 2.33. The van der Waals surface area contributed by atoms with E-state index in [1.165, 1.54) is 6.21 Å². The van der Waals surface area contributed by atoms with Crippen molar-refractivity contribution < 1.29 is 9.84 Å². The van der Waals surface area contributed by atoms with Crippen LogP contribution in [0.4, 0.5) is 5.69 Å². The predicted octanol–water partition coefficient (Wildman–Crippen LogP) is 0.521. The molecule has 1 saturated heterocycles. The number of aromatic hydroxyl groups is 1. The van der Waals surface area contributed by atoms with Crippen molar-refractivity contribution in [2.24, 2.45) is 10.9 Å². The number of hydrogen-bond donors (Lipinski definition) is 2. The van der Waals surface area contributed by atoms with Crippen LogP contribution < -0.4 is 10.7 Å². The van der Waals surface area contributed by atoms with Gasteiger partial charge in [0.1, 0.15) is 5.75 Å². The van der Waals surface area contributed by atoms with Crippen LogP contribution in [0, 0.1) is 0 Å². The van der Waals surface area contributed by atoms with E-state index in [9.17, 15) is 5.11 Å². The Labute approximate surface area is 94.1 Å². The lowest BCUT2D eigenvalue weighted by molar-refractivity contribution is 0.122. The monoisotopic (exact) mass is 221 g/mol. The van der Waals surface area contributed by atoms with E-state index in [0.29, 0.717) is 5.56 Å². The third-order valence-corrected chi connectivity index (χ3v) is 2.60. The summed E-state index contributed by atoms with van der Waals surface area (Å²) in [7, 11) is 0. The Balaban J connectivity index is 2.19. The number of anilines is 1. The summed E-state index contributed by atoms with van der Waals surface area (Å²) in [5, 5.41) is 13.1. The van der Waals surface area contributed by atoms with Gasteiger partial charge in [0.05, 0.1) is 19.4 Å². The SMILES string of the molecule is N/N=C/c1ccc(N2CCOCC2)cc1O. The van der Waals surface area contributed by atoms with Crippen LogP contribution in [0.2, 0.25) is 0 Å². The van der Waals surface area contributed by atoms with Gasteiger partial charge in [-0.05, 0) is 12.1 Å². The molecule has 0 bridgehead atoms.